The Bertz CT molecular complexity index is 2480. The molecular weight excluding hydrogens is 914 g/mol. The fraction of sp³-hybridized carbons (Fsp3) is 0.447. The van der Waals surface area contributed by atoms with Gasteiger partial charge >= 0.3 is 0 Å². The van der Waals surface area contributed by atoms with E-state index in [9.17, 15) is 28.8 Å². The van der Waals surface area contributed by atoms with Crippen LogP contribution in [-0.2, 0) is 41.8 Å². The van der Waals surface area contributed by atoms with Crippen molar-refractivity contribution in [3.63, 3.8) is 0 Å². The molecule has 7 rings (SSSR count). The van der Waals surface area contributed by atoms with E-state index in [1.807, 2.05) is 42.3 Å². The number of piperidine rings is 2. The van der Waals surface area contributed by atoms with Crippen molar-refractivity contribution in [3.05, 3.63) is 80.6 Å². The number of likely N-dealkylation sites (N-methyl/N-ethyl adjacent to an activating group) is 1. The van der Waals surface area contributed by atoms with Crippen LogP contribution < -0.4 is 41.1 Å². The predicted molar refractivity (Wildman–Crippen MR) is 260 cm³/mol. The number of carbonyl (C=O) groups is 6. The van der Waals surface area contributed by atoms with Gasteiger partial charge in [0.2, 0.25) is 36.0 Å². The van der Waals surface area contributed by atoms with Crippen molar-refractivity contribution in [1.82, 2.24) is 35.7 Å². The molecule has 2 fully saturated rings. The standard InChI is InChI=1S/C47H58ClN11O8S/c1-5-37-46(65)56(3)39-23-50-47(55-43(39)59(37)25-33-22-31(48)27-68-33)53-36-10-9-30(21-40(36)66-4)44(63)51-32-13-16-57(17-14-32)18-20-67-19-15-49-24-42(62)52-35-8-6-7-29(2)34(35)26-58(28-60)38-11-12-41(61)54-45(38)64/h6-10,21-23,27-28,32,37-38,49H,5,11-20,24-26H2,1-4H3,(H,51,63)(H,52,62)(H,50,53,55)(H,54,61,64). The maximum Gasteiger partial charge on any atom is 0.251 e. The first-order valence-corrected chi connectivity index (χ1v) is 23.9. The summed E-state index contributed by atoms with van der Waals surface area (Å²) in [7, 11) is 3.27. The zero-order valence-corrected chi connectivity index (χ0v) is 40.2. The van der Waals surface area contributed by atoms with E-state index in [2.05, 4.69) is 36.5 Å². The van der Waals surface area contributed by atoms with E-state index in [4.69, 9.17) is 26.1 Å². The third-order valence-corrected chi connectivity index (χ3v) is 13.6. The molecule has 0 spiro atoms. The number of rotatable bonds is 21. The topological polar surface area (TPSA) is 220 Å². The van der Waals surface area contributed by atoms with Crippen molar-refractivity contribution in [3.8, 4) is 5.75 Å². The predicted octanol–water partition coefficient (Wildman–Crippen LogP) is 4.22. The number of likely N-dealkylation sites (tertiary alicyclic amines) is 1. The second kappa shape index (κ2) is 23.2. The summed E-state index contributed by atoms with van der Waals surface area (Å²) in [6.45, 7) is 8.21. The van der Waals surface area contributed by atoms with E-state index in [0.29, 0.717) is 89.9 Å². The van der Waals surface area contributed by atoms with Crippen LogP contribution in [0, 0.1) is 6.92 Å². The molecule has 19 nitrogen and oxygen atoms in total. The van der Waals surface area contributed by atoms with Crippen molar-refractivity contribution in [2.24, 2.45) is 0 Å². The molecule has 0 radical (unpaired) electrons. The number of nitrogens with zero attached hydrogens (tertiary/aromatic N) is 6. The number of ether oxygens (including phenoxy) is 2. The molecule has 2 atom stereocenters. The molecule has 2 aromatic carbocycles. The van der Waals surface area contributed by atoms with Gasteiger partial charge in [0.15, 0.2) is 5.82 Å². The first-order valence-electron chi connectivity index (χ1n) is 22.7. The lowest BCUT2D eigenvalue weighted by Gasteiger charge is -2.40. The molecule has 5 heterocycles. The Hall–Kier alpha value is -6.19. The molecule has 2 aromatic heterocycles. The molecule has 3 aliphatic rings. The normalized spacial score (nSPS) is 17.6. The molecule has 6 amide bonds. The van der Waals surface area contributed by atoms with Crippen LogP contribution in [0.5, 0.6) is 5.75 Å². The van der Waals surface area contributed by atoms with Crippen LogP contribution in [0.1, 0.15) is 65.4 Å². The summed E-state index contributed by atoms with van der Waals surface area (Å²) in [5.41, 5.74) is 3.73. The van der Waals surface area contributed by atoms with Gasteiger partial charge in [0, 0.05) is 73.7 Å². The lowest BCUT2D eigenvalue weighted by Crippen LogP contribution is -2.52. The number of anilines is 5. The van der Waals surface area contributed by atoms with Crippen LogP contribution in [-0.4, -0.2) is 134 Å². The third-order valence-electron chi connectivity index (χ3n) is 12.4. The van der Waals surface area contributed by atoms with Gasteiger partial charge in [-0.3, -0.25) is 34.1 Å². The van der Waals surface area contributed by atoms with E-state index < -0.39 is 18.0 Å². The summed E-state index contributed by atoms with van der Waals surface area (Å²) < 4.78 is 11.5. The van der Waals surface area contributed by atoms with Crippen LogP contribution in [0.3, 0.4) is 0 Å². The first-order chi connectivity index (χ1) is 32.8. The molecule has 3 aliphatic heterocycles. The van der Waals surface area contributed by atoms with Crippen LogP contribution in [0.15, 0.2) is 54.0 Å². The summed E-state index contributed by atoms with van der Waals surface area (Å²) in [5.74, 6) is 0.0187. The molecule has 0 saturated carbocycles. The number of benzene rings is 2. The minimum Gasteiger partial charge on any atom is -0.495 e. The highest BCUT2D eigenvalue weighted by Crippen LogP contribution is 2.38. The number of halogens is 1. The smallest absolute Gasteiger partial charge is 0.251 e. The van der Waals surface area contributed by atoms with Gasteiger partial charge in [-0.15, -0.1) is 11.3 Å². The Morgan fingerprint density at radius 2 is 1.88 bits per heavy atom. The largest absolute Gasteiger partial charge is 0.495 e. The quantitative estimate of drug-likeness (QED) is 0.0449. The molecule has 5 N–H and O–H groups in total. The van der Waals surface area contributed by atoms with Crippen molar-refractivity contribution in [1.29, 1.82) is 0 Å². The molecule has 0 bridgehead atoms. The molecular formula is C47H58ClN11O8S. The monoisotopic (exact) mass is 971 g/mol. The first kappa shape index (κ1) is 49.7. The van der Waals surface area contributed by atoms with Crippen LogP contribution in [0.25, 0.3) is 0 Å². The molecule has 2 unspecified atom stereocenters. The maximum absolute atomic E-state index is 13.4. The number of thiophene rings is 1. The van der Waals surface area contributed by atoms with E-state index in [1.54, 1.807) is 42.4 Å². The number of aryl methyl sites for hydroxylation is 1. The van der Waals surface area contributed by atoms with E-state index in [0.717, 1.165) is 42.9 Å². The van der Waals surface area contributed by atoms with Gasteiger partial charge in [-0.1, -0.05) is 30.7 Å². The average Bonchev–Trinajstić information content (AvgIpc) is 3.75. The van der Waals surface area contributed by atoms with Crippen LogP contribution in [0.4, 0.5) is 28.8 Å². The zero-order chi connectivity index (χ0) is 48.3. The SMILES string of the molecule is CCC1C(=O)N(C)c2cnc(Nc3ccc(C(=O)NC4CCN(CCOCCNCC(=O)Nc5cccc(C)c5CN(C=O)C5CCC(=O)NC5=O)CC4)cc3OC)nc2N1Cc1cc(Cl)cs1. The van der Waals surface area contributed by atoms with Gasteiger partial charge in [0.05, 0.1) is 50.3 Å². The third kappa shape index (κ3) is 12.3. The number of hydrogen-bond donors (Lipinski definition) is 5. The number of methoxy groups -OCH3 is 1. The second-order valence-electron chi connectivity index (χ2n) is 16.9. The highest BCUT2D eigenvalue weighted by Gasteiger charge is 2.38. The average molecular weight is 973 g/mol. The van der Waals surface area contributed by atoms with E-state index in [-0.39, 0.29) is 55.6 Å². The lowest BCUT2D eigenvalue weighted by molar-refractivity contribution is -0.141. The molecule has 0 aliphatic carbocycles. The zero-order valence-electron chi connectivity index (χ0n) is 38.6. The Balaban J connectivity index is 0.814. The number of carbonyl (C=O) groups excluding carboxylic acids is 6. The molecule has 68 heavy (non-hydrogen) atoms. The molecule has 2 saturated heterocycles. The van der Waals surface area contributed by atoms with E-state index >= 15 is 0 Å². The highest BCUT2D eigenvalue weighted by atomic mass is 35.5. The fourth-order valence-corrected chi connectivity index (χ4v) is 9.65. The molecule has 362 valence electrons. The van der Waals surface area contributed by atoms with Gasteiger partial charge in [0.1, 0.15) is 23.5 Å². The van der Waals surface area contributed by atoms with Gasteiger partial charge in [-0.2, -0.15) is 4.98 Å². The Morgan fingerprint density at radius 1 is 1.07 bits per heavy atom. The number of fused-ring (bicyclic) bond motifs is 1. The summed E-state index contributed by atoms with van der Waals surface area (Å²) >= 11 is 7.75. The number of hydrogen-bond acceptors (Lipinski definition) is 15. The highest BCUT2D eigenvalue weighted by molar-refractivity contribution is 7.10. The number of imide groups is 1. The van der Waals surface area contributed by atoms with Gasteiger partial charge in [-0.05, 0) is 74.1 Å². The summed E-state index contributed by atoms with van der Waals surface area (Å²) in [4.78, 5) is 93.2. The lowest BCUT2D eigenvalue weighted by atomic mass is 10.0. The van der Waals surface area contributed by atoms with Crippen molar-refractivity contribution in [2.45, 2.75) is 77.2 Å². The van der Waals surface area contributed by atoms with Crippen molar-refractivity contribution >= 4 is 87.7 Å². The second-order valence-corrected chi connectivity index (χ2v) is 18.3. The minimum atomic E-state index is -0.767. The minimum absolute atomic E-state index is 0.0120. The number of aromatic nitrogens is 2. The summed E-state index contributed by atoms with van der Waals surface area (Å²) in [6.07, 6.45) is 4.79. The van der Waals surface area contributed by atoms with E-state index in [1.165, 1.54) is 23.3 Å². The van der Waals surface area contributed by atoms with Gasteiger partial charge in [0.25, 0.3) is 5.91 Å². The Morgan fingerprint density at radius 3 is 2.60 bits per heavy atom. The Labute approximate surface area is 404 Å². The van der Waals surface area contributed by atoms with Gasteiger partial charge in [-0.25, -0.2) is 4.98 Å². The summed E-state index contributed by atoms with van der Waals surface area (Å²) in [6, 6.07) is 11.3. The van der Waals surface area contributed by atoms with Crippen LogP contribution >= 0.6 is 22.9 Å². The van der Waals surface area contributed by atoms with Crippen molar-refractivity contribution in [2.75, 3.05) is 80.5 Å². The number of nitrogens with one attached hydrogen (secondary N) is 5. The maximum atomic E-state index is 13.4. The molecule has 4 aromatic rings. The van der Waals surface area contributed by atoms with Crippen LogP contribution in [0.2, 0.25) is 5.02 Å². The summed E-state index contributed by atoms with van der Waals surface area (Å²) in [5, 5.41) is 17.2. The van der Waals surface area contributed by atoms with Crippen molar-refractivity contribution < 1.29 is 38.2 Å². The number of amides is 6. The van der Waals surface area contributed by atoms with Gasteiger partial charge < -0.3 is 50.3 Å². The fourth-order valence-electron chi connectivity index (χ4n) is 8.58. The molecule has 21 heteroatoms. The Kier molecular flexibility index (Phi) is 17.0.